The third-order valence-electron chi connectivity index (χ3n) is 3.67. The monoisotopic (exact) mass is 394 g/mol. The van der Waals surface area contributed by atoms with E-state index in [2.05, 4.69) is 58.6 Å². The Morgan fingerprint density at radius 3 is 2.35 bits per heavy atom. The van der Waals surface area contributed by atoms with Crippen LogP contribution in [0.25, 0.3) is 0 Å². The molecule has 0 aromatic heterocycles. The predicted molar refractivity (Wildman–Crippen MR) is 102 cm³/mol. The lowest BCUT2D eigenvalue weighted by Crippen LogP contribution is -2.28. The molecule has 0 heterocycles. The number of halogens is 2. The molecule has 0 spiro atoms. The molecule has 0 radical (unpaired) electrons. The fourth-order valence-corrected chi connectivity index (χ4v) is 2.99. The molecule has 0 saturated heterocycles. The van der Waals surface area contributed by atoms with Crippen molar-refractivity contribution in [3.8, 4) is 0 Å². The summed E-state index contributed by atoms with van der Waals surface area (Å²) in [5, 5.41) is 7.06. The van der Waals surface area contributed by atoms with Crippen molar-refractivity contribution in [1.29, 1.82) is 0 Å². The smallest absolute Gasteiger partial charge is 0.171 e. The van der Waals surface area contributed by atoms with Crippen LogP contribution in [-0.4, -0.2) is 5.11 Å². The number of rotatable bonds is 5. The molecule has 0 aliphatic rings. The Bertz CT molecular complexity index is 681. The summed E-state index contributed by atoms with van der Waals surface area (Å²) in [7, 11) is 0. The first-order valence-corrected chi connectivity index (χ1v) is 8.84. The van der Waals surface area contributed by atoms with Gasteiger partial charge in [-0.15, -0.1) is 0 Å². The molecule has 2 N–H and O–H groups in total. The van der Waals surface area contributed by atoms with Gasteiger partial charge in [0.25, 0.3) is 0 Å². The first-order valence-electron chi connectivity index (χ1n) is 7.64. The highest BCUT2D eigenvalue weighted by atomic mass is 79.9. The van der Waals surface area contributed by atoms with Crippen LogP contribution in [0.2, 0.25) is 0 Å². The minimum absolute atomic E-state index is 0.265. The zero-order valence-corrected chi connectivity index (χ0v) is 15.7. The van der Waals surface area contributed by atoms with Crippen molar-refractivity contribution in [3.05, 3.63) is 63.4 Å². The van der Waals surface area contributed by atoms with E-state index in [-0.39, 0.29) is 5.82 Å². The molecule has 0 saturated carbocycles. The van der Waals surface area contributed by atoms with E-state index in [1.807, 2.05) is 0 Å². The fourth-order valence-electron chi connectivity index (χ4n) is 2.39. The van der Waals surface area contributed by atoms with Gasteiger partial charge in [0.2, 0.25) is 0 Å². The minimum atomic E-state index is -0.265. The molecule has 2 rings (SSSR count). The van der Waals surface area contributed by atoms with Gasteiger partial charge in [-0.25, -0.2) is 4.39 Å². The molecule has 0 bridgehead atoms. The van der Waals surface area contributed by atoms with Gasteiger partial charge < -0.3 is 10.6 Å². The molecule has 23 heavy (non-hydrogen) atoms. The van der Waals surface area contributed by atoms with Gasteiger partial charge in [0.1, 0.15) is 5.82 Å². The largest absolute Gasteiger partial charge is 0.358 e. The Labute approximate surface area is 150 Å². The molecular formula is C18H20BrFN2S. The first-order chi connectivity index (χ1) is 11.0. The molecule has 5 heteroatoms. The number of anilines is 1. The van der Waals surface area contributed by atoms with Gasteiger partial charge in [-0.05, 0) is 69.8 Å². The molecule has 0 aliphatic carbocycles. The van der Waals surface area contributed by atoms with Crippen LogP contribution in [0.1, 0.15) is 30.5 Å². The summed E-state index contributed by atoms with van der Waals surface area (Å²) in [6, 6.07) is 11.2. The Balaban J connectivity index is 2.04. The van der Waals surface area contributed by atoms with Crippen molar-refractivity contribution < 1.29 is 4.39 Å². The SMILES string of the molecule is CCc1cccc(CC)c1NC(=S)NCc1ccc(F)c(Br)c1. The predicted octanol–water partition coefficient (Wildman–Crippen LogP) is 5.20. The number of nitrogens with one attached hydrogen (secondary N) is 2. The topological polar surface area (TPSA) is 24.1 Å². The van der Waals surface area contributed by atoms with E-state index in [4.69, 9.17) is 12.2 Å². The van der Waals surface area contributed by atoms with Crippen molar-refractivity contribution in [1.82, 2.24) is 5.32 Å². The van der Waals surface area contributed by atoms with Gasteiger partial charge in [-0.3, -0.25) is 0 Å². The molecule has 0 amide bonds. The molecule has 0 unspecified atom stereocenters. The van der Waals surface area contributed by atoms with Crippen LogP contribution < -0.4 is 10.6 Å². The number of para-hydroxylation sites is 1. The van der Waals surface area contributed by atoms with Gasteiger partial charge in [-0.2, -0.15) is 0 Å². The second-order valence-corrected chi connectivity index (χ2v) is 6.48. The second-order valence-electron chi connectivity index (χ2n) is 5.21. The second kappa shape index (κ2) is 8.41. The molecule has 2 nitrogen and oxygen atoms in total. The molecule has 0 fully saturated rings. The van der Waals surface area contributed by atoms with Crippen LogP contribution in [0.15, 0.2) is 40.9 Å². The van der Waals surface area contributed by atoms with Gasteiger partial charge in [0, 0.05) is 12.2 Å². The Morgan fingerprint density at radius 1 is 1.13 bits per heavy atom. The van der Waals surface area contributed by atoms with E-state index in [1.165, 1.54) is 17.2 Å². The lowest BCUT2D eigenvalue weighted by atomic mass is 10.0. The summed E-state index contributed by atoms with van der Waals surface area (Å²) in [6.07, 6.45) is 1.90. The van der Waals surface area contributed by atoms with E-state index in [0.717, 1.165) is 24.1 Å². The van der Waals surface area contributed by atoms with Gasteiger partial charge >= 0.3 is 0 Å². The molecule has 0 aliphatic heterocycles. The first kappa shape index (κ1) is 17.9. The van der Waals surface area contributed by atoms with Crippen LogP contribution in [0, 0.1) is 5.82 Å². The van der Waals surface area contributed by atoms with E-state index in [9.17, 15) is 4.39 Å². The zero-order chi connectivity index (χ0) is 16.8. The van der Waals surface area contributed by atoms with Crippen molar-refractivity contribution in [2.24, 2.45) is 0 Å². The Morgan fingerprint density at radius 2 is 1.78 bits per heavy atom. The molecule has 122 valence electrons. The maximum Gasteiger partial charge on any atom is 0.171 e. The highest BCUT2D eigenvalue weighted by Gasteiger charge is 2.08. The highest BCUT2D eigenvalue weighted by molar-refractivity contribution is 9.10. The van der Waals surface area contributed by atoms with Crippen molar-refractivity contribution in [3.63, 3.8) is 0 Å². The maximum atomic E-state index is 13.2. The fraction of sp³-hybridized carbons (Fsp3) is 0.278. The average molecular weight is 395 g/mol. The average Bonchev–Trinajstić information content (AvgIpc) is 2.56. The van der Waals surface area contributed by atoms with Crippen molar-refractivity contribution in [2.45, 2.75) is 33.2 Å². The van der Waals surface area contributed by atoms with E-state index < -0.39 is 0 Å². The number of hydrogen-bond donors (Lipinski definition) is 2. The summed E-state index contributed by atoms with van der Waals surface area (Å²) in [6.45, 7) is 4.80. The normalized spacial score (nSPS) is 10.4. The van der Waals surface area contributed by atoms with Gasteiger partial charge in [0.15, 0.2) is 5.11 Å². The zero-order valence-electron chi connectivity index (χ0n) is 13.2. The van der Waals surface area contributed by atoms with Gasteiger partial charge in [0.05, 0.1) is 4.47 Å². The summed E-state index contributed by atoms with van der Waals surface area (Å²) in [4.78, 5) is 0. The van der Waals surface area contributed by atoms with Crippen LogP contribution in [0.3, 0.4) is 0 Å². The number of aryl methyl sites for hydroxylation is 2. The van der Waals surface area contributed by atoms with Gasteiger partial charge in [-0.1, -0.05) is 38.1 Å². The lowest BCUT2D eigenvalue weighted by Gasteiger charge is -2.17. The molecule has 2 aromatic rings. The molecule has 0 atom stereocenters. The molecular weight excluding hydrogens is 375 g/mol. The Kier molecular flexibility index (Phi) is 6.54. The van der Waals surface area contributed by atoms with E-state index in [1.54, 1.807) is 12.1 Å². The summed E-state index contributed by atoms with van der Waals surface area (Å²) in [5.41, 5.74) is 4.55. The third kappa shape index (κ3) is 4.75. The van der Waals surface area contributed by atoms with Crippen LogP contribution >= 0.6 is 28.1 Å². The van der Waals surface area contributed by atoms with Crippen LogP contribution in [-0.2, 0) is 19.4 Å². The number of hydrogen-bond acceptors (Lipinski definition) is 1. The standard InChI is InChI=1S/C18H20BrFN2S/c1-3-13-6-5-7-14(4-2)17(13)22-18(23)21-11-12-8-9-16(20)15(19)10-12/h5-10H,3-4,11H2,1-2H3,(H2,21,22,23). The summed E-state index contributed by atoms with van der Waals surface area (Å²) < 4.78 is 13.7. The van der Waals surface area contributed by atoms with Crippen molar-refractivity contribution >= 4 is 38.9 Å². The van der Waals surface area contributed by atoms with Crippen molar-refractivity contribution in [2.75, 3.05) is 5.32 Å². The third-order valence-corrected chi connectivity index (χ3v) is 4.53. The summed E-state index contributed by atoms with van der Waals surface area (Å²) >= 11 is 8.59. The maximum absolute atomic E-state index is 13.2. The number of benzene rings is 2. The lowest BCUT2D eigenvalue weighted by molar-refractivity contribution is 0.620. The van der Waals surface area contributed by atoms with Crippen LogP contribution in [0.5, 0.6) is 0 Å². The highest BCUT2D eigenvalue weighted by Crippen LogP contribution is 2.22. The Hall–Kier alpha value is -1.46. The van der Waals surface area contributed by atoms with E-state index >= 15 is 0 Å². The quantitative estimate of drug-likeness (QED) is 0.681. The summed E-state index contributed by atoms with van der Waals surface area (Å²) in [5.74, 6) is -0.265. The van der Waals surface area contributed by atoms with Crippen LogP contribution in [0.4, 0.5) is 10.1 Å². The number of thiocarbonyl (C=S) groups is 1. The minimum Gasteiger partial charge on any atom is -0.358 e. The molecule has 2 aromatic carbocycles. The van der Waals surface area contributed by atoms with E-state index in [0.29, 0.717) is 16.1 Å².